The molecule has 0 unspecified atom stereocenters. The summed E-state index contributed by atoms with van der Waals surface area (Å²) in [6.45, 7) is 1.07. The van der Waals surface area contributed by atoms with Gasteiger partial charge in [0, 0.05) is 23.8 Å². The van der Waals surface area contributed by atoms with E-state index in [0.717, 1.165) is 28.8 Å². The molecule has 2 aromatic carbocycles. The molecule has 3 N–H and O–H groups in total. The molecule has 3 rings (SSSR count). The lowest BCUT2D eigenvalue weighted by molar-refractivity contribution is -0.123. The highest BCUT2D eigenvalue weighted by atomic mass is 35.5. The molecule has 0 spiro atoms. The van der Waals surface area contributed by atoms with Crippen molar-refractivity contribution in [2.75, 3.05) is 18.0 Å². The highest BCUT2D eigenvalue weighted by Gasteiger charge is 2.28. The van der Waals surface area contributed by atoms with Gasteiger partial charge in [0.05, 0.1) is 6.42 Å². The number of halogens is 1. The average Bonchev–Trinajstić information content (AvgIpc) is 2.90. The van der Waals surface area contributed by atoms with E-state index < -0.39 is 0 Å². The Morgan fingerprint density at radius 2 is 1.88 bits per heavy atom. The molecule has 0 fully saturated rings. The van der Waals surface area contributed by atoms with Gasteiger partial charge in [-0.1, -0.05) is 35.9 Å². The second-order valence-electron chi connectivity index (χ2n) is 6.05. The van der Waals surface area contributed by atoms with Crippen LogP contribution in [0.4, 0.5) is 5.69 Å². The number of carbonyl (C=O) groups excluding carboxylic acids is 2. The van der Waals surface area contributed by atoms with Crippen molar-refractivity contribution < 1.29 is 9.59 Å². The van der Waals surface area contributed by atoms with Gasteiger partial charge in [-0.3, -0.25) is 9.59 Å². The third-order valence-corrected chi connectivity index (χ3v) is 4.51. The molecule has 0 bridgehead atoms. The molecule has 25 heavy (non-hydrogen) atoms. The number of benzene rings is 2. The van der Waals surface area contributed by atoms with Gasteiger partial charge in [0.1, 0.15) is 6.54 Å². The van der Waals surface area contributed by atoms with Gasteiger partial charge in [0.25, 0.3) is 0 Å². The molecule has 130 valence electrons. The van der Waals surface area contributed by atoms with Crippen LogP contribution >= 0.6 is 11.6 Å². The maximum absolute atomic E-state index is 12.2. The van der Waals surface area contributed by atoms with Gasteiger partial charge in [-0.15, -0.1) is 0 Å². The van der Waals surface area contributed by atoms with Crippen LogP contribution in [-0.2, 0) is 29.0 Å². The van der Waals surface area contributed by atoms with Crippen molar-refractivity contribution in [2.24, 2.45) is 5.73 Å². The first-order chi connectivity index (χ1) is 12.1. The summed E-state index contributed by atoms with van der Waals surface area (Å²) < 4.78 is 0. The molecule has 1 aliphatic rings. The lowest BCUT2D eigenvalue weighted by Gasteiger charge is -2.17. The fourth-order valence-corrected chi connectivity index (χ4v) is 3.11. The van der Waals surface area contributed by atoms with Crippen molar-refractivity contribution in [1.29, 1.82) is 0 Å². The monoisotopic (exact) mass is 357 g/mol. The van der Waals surface area contributed by atoms with Gasteiger partial charge >= 0.3 is 0 Å². The minimum Gasteiger partial charge on any atom is -0.354 e. The van der Waals surface area contributed by atoms with Crippen molar-refractivity contribution in [1.82, 2.24) is 5.32 Å². The van der Waals surface area contributed by atoms with E-state index in [-0.39, 0.29) is 24.8 Å². The maximum atomic E-state index is 12.2. The van der Waals surface area contributed by atoms with Crippen LogP contribution in [0.2, 0.25) is 5.02 Å². The fraction of sp³-hybridized carbons (Fsp3) is 0.263. The van der Waals surface area contributed by atoms with Gasteiger partial charge in [-0.05, 0) is 41.3 Å². The average molecular weight is 358 g/mol. The molecule has 0 saturated carbocycles. The summed E-state index contributed by atoms with van der Waals surface area (Å²) in [5.41, 5.74) is 9.42. The van der Waals surface area contributed by atoms with Crippen LogP contribution in [0.5, 0.6) is 0 Å². The van der Waals surface area contributed by atoms with Crippen molar-refractivity contribution in [3.63, 3.8) is 0 Å². The van der Waals surface area contributed by atoms with Gasteiger partial charge in [0.15, 0.2) is 0 Å². The Morgan fingerprint density at radius 3 is 2.60 bits per heavy atom. The molecule has 0 saturated heterocycles. The van der Waals surface area contributed by atoms with E-state index in [2.05, 4.69) is 5.32 Å². The number of nitrogens with two attached hydrogens (primary N) is 1. The summed E-state index contributed by atoms with van der Waals surface area (Å²) in [4.78, 5) is 25.8. The molecule has 2 amide bonds. The van der Waals surface area contributed by atoms with E-state index in [4.69, 9.17) is 17.3 Å². The number of fused-ring (bicyclic) bond motifs is 1. The van der Waals surface area contributed by atoms with Crippen molar-refractivity contribution in [3.05, 3.63) is 64.2 Å². The molecule has 6 heteroatoms. The van der Waals surface area contributed by atoms with Crippen LogP contribution in [0.25, 0.3) is 0 Å². The van der Waals surface area contributed by atoms with E-state index in [1.54, 1.807) is 18.2 Å². The van der Waals surface area contributed by atoms with Crippen LogP contribution < -0.4 is 16.0 Å². The van der Waals surface area contributed by atoms with Gasteiger partial charge in [-0.2, -0.15) is 0 Å². The molecule has 0 radical (unpaired) electrons. The summed E-state index contributed by atoms with van der Waals surface area (Å²) in [5, 5.41) is 3.46. The second-order valence-corrected chi connectivity index (χ2v) is 6.49. The molecule has 1 heterocycles. The van der Waals surface area contributed by atoms with E-state index in [0.29, 0.717) is 18.1 Å². The first-order valence-electron chi connectivity index (χ1n) is 8.20. The molecule has 0 aromatic heterocycles. The number of nitrogens with one attached hydrogen (secondary N) is 1. The quantitative estimate of drug-likeness (QED) is 0.830. The van der Waals surface area contributed by atoms with Gasteiger partial charge in [-0.25, -0.2) is 0 Å². The number of hydrogen-bond acceptors (Lipinski definition) is 3. The maximum Gasteiger partial charge on any atom is 0.240 e. The zero-order chi connectivity index (χ0) is 17.8. The van der Waals surface area contributed by atoms with Gasteiger partial charge in [0.2, 0.25) is 11.8 Å². The zero-order valence-corrected chi connectivity index (χ0v) is 14.6. The lowest BCUT2D eigenvalue weighted by atomic mass is 10.1. The first-order valence-corrected chi connectivity index (χ1v) is 8.58. The second kappa shape index (κ2) is 7.68. The summed E-state index contributed by atoms with van der Waals surface area (Å²) >= 11 is 5.95. The largest absolute Gasteiger partial charge is 0.354 e. The van der Waals surface area contributed by atoms with Crippen LogP contribution in [0.3, 0.4) is 0 Å². The zero-order valence-electron chi connectivity index (χ0n) is 13.8. The topological polar surface area (TPSA) is 75.4 Å². The Kier molecular flexibility index (Phi) is 5.36. The number of anilines is 1. The number of hydrogen-bond donors (Lipinski definition) is 2. The van der Waals surface area contributed by atoms with E-state index in [1.807, 2.05) is 24.3 Å². The van der Waals surface area contributed by atoms with Crippen LogP contribution in [0.15, 0.2) is 42.5 Å². The predicted molar refractivity (Wildman–Crippen MR) is 98.6 cm³/mol. The smallest absolute Gasteiger partial charge is 0.240 e. The molecule has 0 aliphatic carbocycles. The molecule has 5 nitrogen and oxygen atoms in total. The van der Waals surface area contributed by atoms with Gasteiger partial charge < -0.3 is 16.0 Å². The Labute approximate surface area is 151 Å². The Balaban J connectivity index is 1.52. The van der Waals surface area contributed by atoms with Crippen LogP contribution in [0.1, 0.15) is 16.7 Å². The minimum absolute atomic E-state index is 0.0274. The lowest BCUT2D eigenvalue weighted by Crippen LogP contribution is -2.39. The normalized spacial score (nSPS) is 13.0. The standard InChI is InChI=1S/C19H20ClN3O2/c20-16-5-6-17-15(9-16)10-19(25)23(17)12-18(24)22-8-7-13-1-3-14(11-21)4-2-13/h1-6,9H,7-8,10-12,21H2,(H,22,24). The molecule has 1 aliphatic heterocycles. The Hall–Kier alpha value is -2.37. The number of amides is 2. The summed E-state index contributed by atoms with van der Waals surface area (Å²) in [5.74, 6) is -0.250. The van der Waals surface area contributed by atoms with Crippen molar-refractivity contribution >= 4 is 29.1 Å². The van der Waals surface area contributed by atoms with Crippen LogP contribution in [-0.4, -0.2) is 24.9 Å². The summed E-state index contributed by atoms with van der Waals surface area (Å²) in [7, 11) is 0. The molecular formula is C19H20ClN3O2. The van der Waals surface area contributed by atoms with Crippen molar-refractivity contribution in [2.45, 2.75) is 19.4 Å². The van der Waals surface area contributed by atoms with E-state index in [1.165, 1.54) is 4.90 Å². The number of carbonyl (C=O) groups is 2. The van der Waals surface area contributed by atoms with Crippen LogP contribution in [0, 0.1) is 0 Å². The third kappa shape index (κ3) is 4.18. The summed E-state index contributed by atoms with van der Waals surface area (Å²) in [6.07, 6.45) is 1.02. The SMILES string of the molecule is NCc1ccc(CCNC(=O)CN2C(=O)Cc3cc(Cl)ccc32)cc1. The van der Waals surface area contributed by atoms with E-state index >= 15 is 0 Å². The molecule has 0 atom stereocenters. The molecule has 2 aromatic rings. The number of nitrogens with zero attached hydrogens (tertiary/aromatic N) is 1. The van der Waals surface area contributed by atoms with E-state index in [9.17, 15) is 9.59 Å². The predicted octanol–water partition coefficient (Wildman–Crippen LogP) is 2.05. The Morgan fingerprint density at radius 1 is 1.16 bits per heavy atom. The summed E-state index contributed by atoms with van der Waals surface area (Å²) in [6, 6.07) is 13.3. The molecular weight excluding hydrogens is 338 g/mol. The number of rotatable bonds is 6. The first kappa shape index (κ1) is 17.5. The highest BCUT2D eigenvalue weighted by molar-refractivity contribution is 6.31. The van der Waals surface area contributed by atoms with Crippen molar-refractivity contribution in [3.8, 4) is 0 Å². The minimum atomic E-state index is -0.172. The Bertz CT molecular complexity index is 790. The fourth-order valence-electron chi connectivity index (χ4n) is 2.91. The highest BCUT2D eigenvalue weighted by Crippen LogP contribution is 2.30. The third-order valence-electron chi connectivity index (χ3n) is 4.27.